The fraction of sp³-hybridized carbons (Fsp3) is 0.125. The molecule has 7 nitrogen and oxygen atoms in total. The van der Waals surface area contributed by atoms with E-state index in [0.717, 1.165) is 11.8 Å². The molecule has 0 bridgehead atoms. The van der Waals surface area contributed by atoms with Gasteiger partial charge in [0.15, 0.2) is 0 Å². The third-order valence-electron chi connectivity index (χ3n) is 1.53. The Morgan fingerprint density at radius 3 is 2.81 bits per heavy atom. The monoisotopic (exact) mass is 238 g/mol. The third kappa shape index (κ3) is 2.54. The van der Waals surface area contributed by atoms with Crippen LogP contribution in [0.3, 0.4) is 0 Å². The number of hydrogen-bond donors (Lipinski definition) is 1. The highest BCUT2D eigenvalue weighted by Gasteiger charge is 2.10. The van der Waals surface area contributed by atoms with E-state index < -0.39 is 5.97 Å². The molecule has 82 valence electrons. The quantitative estimate of drug-likeness (QED) is 0.776. The zero-order chi connectivity index (χ0) is 11.4. The molecule has 2 heterocycles. The molecule has 0 aliphatic heterocycles. The number of carbonyl (C=O) groups is 1. The summed E-state index contributed by atoms with van der Waals surface area (Å²) in [5.74, 6) is -0.784. The van der Waals surface area contributed by atoms with Crippen LogP contribution < -0.4 is 0 Å². The van der Waals surface area contributed by atoms with Crippen molar-refractivity contribution in [2.24, 2.45) is 0 Å². The van der Waals surface area contributed by atoms with Crippen molar-refractivity contribution in [3.63, 3.8) is 0 Å². The number of carboxylic acid groups (broad SMARTS) is 1. The van der Waals surface area contributed by atoms with Gasteiger partial charge in [0.25, 0.3) is 11.1 Å². The summed E-state index contributed by atoms with van der Waals surface area (Å²) in [4.78, 5) is 17.9. The molecule has 2 aromatic heterocycles. The second-order valence-corrected chi connectivity index (χ2v) is 3.61. The summed E-state index contributed by atoms with van der Waals surface area (Å²) in [5, 5.41) is 16.1. The normalized spacial score (nSPS) is 10.2. The molecule has 0 radical (unpaired) electrons. The van der Waals surface area contributed by atoms with Gasteiger partial charge in [0.05, 0.1) is 5.56 Å². The molecule has 2 aromatic rings. The van der Waals surface area contributed by atoms with Gasteiger partial charge in [0.1, 0.15) is 12.1 Å². The van der Waals surface area contributed by atoms with Crippen molar-refractivity contribution < 1.29 is 14.3 Å². The highest BCUT2D eigenvalue weighted by Crippen LogP contribution is 2.21. The molecule has 16 heavy (non-hydrogen) atoms. The maximum Gasteiger partial charge on any atom is 0.314 e. The number of aliphatic carboxylic acids is 1. The van der Waals surface area contributed by atoms with Crippen molar-refractivity contribution in [3.05, 3.63) is 18.7 Å². The van der Waals surface area contributed by atoms with Gasteiger partial charge < -0.3 is 9.52 Å². The molecule has 1 N–H and O–H groups in total. The summed E-state index contributed by atoms with van der Waals surface area (Å²) in [7, 11) is 0. The summed E-state index contributed by atoms with van der Waals surface area (Å²) in [5.41, 5.74) is 0.595. The number of carboxylic acids is 1. The molecule has 8 heteroatoms. The molecule has 0 fully saturated rings. The zero-order valence-electron chi connectivity index (χ0n) is 7.90. The Balaban J connectivity index is 2.11. The molecule has 0 aliphatic rings. The fourth-order valence-electron chi connectivity index (χ4n) is 0.918. The van der Waals surface area contributed by atoms with Gasteiger partial charge in [-0.3, -0.25) is 4.79 Å². The average molecular weight is 238 g/mol. The van der Waals surface area contributed by atoms with Gasteiger partial charge in [-0.2, -0.15) is 0 Å². The molecule has 0 spiro atoms. The Morgan fingerprint density at radius 2 is 2.12 bits per heavy atom. The Kier molecular flexibility index (Phi) is 3.10. The van der Waals surface area contributed by atoms with E-state index in [0.29, 0.717) is 5.56 Å². The molecule has 0 unspecified atom stereocenters. The van der Waals surface area contributed by atoms with E-state index in [1.807, 2.05) is 0 Å². The van der Waals surface area contributed by atoms with Crippen LogP contribution in [0, 0.1) is 0 Å². The van der Waals surface area contributed by atoms with Gasteiger partial charge in [-0.1, -0.05) is 11.8 Å². The van der Waals surface area contributed by atoms with Gasteiger partial charge in [0, 0.05) is 12.4 Å². The Hall–Kier alpha value is -1.96. The Bertz CT molecular complexity index is 487. The van der Waals surface area contributed by atoms with E-state index >= 15 is 0 Å². The lowest BCUT2D eigenvalue weighted by molar-refractivity contribution is -0.133. The largest absolute Gasteiger partial charge is 0.481 e. The van der Waals surface area contributed by atoms with Crippen LogP contribution in [0.25, 0.3) is 11.5 Å². The molecule has 0 amide bonds. The molecule has 0 atom stereocenters. The van der Waals surface area contributed by atoms with Crippen LogP contribution >= 0.6 is 11.8 Å². The zero-order valence-corrected chi connectivity index (χ0v) is 8.72. The first-order valence-corrected chi connectivity index (χ1v) is 5.18. The van der Waals surface area contributed by atoms with Crippen LogP contribution in [0.4, 0.5) is 0 Å². The first-order chi connectivity index (χ1) is 7.75. The predicted octanol–water partition coefficient (Wildman–Crippen LogP) is 0.703. The van der Waals surface area contributed by atoms with E-state index in [9.17, 15) is 4.79 Å². The minimum Gasteiger partial charge on any atom is -0.481 e. The summed E-state index contributed by atoms with van der Waals surface area (Å²) < 4.78 is 5.22. The smallest absolute Gasteiger partial charge is 0.314 e. The predicted molar refractivity (Wildman–Crippen MR) is 53.7 cm³/mol. The maximum absolute atomic E-state index is 10.3. The minimum atomic E-state index is -0.937. The number of aromatic nitrogens is 4. The van der Waals surface area contributed by atoms with E-state index in [1.165, 1.54) is 18.7 Å². The molecule has 0 saturated heterocycles. The summed E-state index contributed by atoms with van der Waals surface area (Å²) in [6, 6.07) is 0. The van der Waals surface area contributed by atoms with E-state index in [2.05, 4.69) is 20.2 Å². The van der Waals surface area contributed by atoms with Crippen LogP contribution in [0.1, 0.15) is 0 Å². The van der Waals surface area contributed by atoms with Crippen molar-refractivity contribution in [2.45, 2.75) is 5.22 Å². The molecular weight excluding hydrogens is 232 g/mol. The van der Waals surface area contributed by atoms with Crippen LogP contribution in [-0.2, 0) is 4.79 Å². The fourth-order valence-corrected chi connectivity index (χ4v) is 1.40. The van der Waals surface area contributed by atoms with E-state index in [-0.39, 0.29) is 16.9 Å². The van der Waals surface area contributed by atoms with Gasteiger partial charge in [-0.25, -0.2) is 9.97 Å². The van der Waals surface area contributed by atoms with Crippen LogP contribution in [-0.4, -0.2) is 37.0 Å². The van der Waals surface area contributed by atoms with Crippen molar-refractivity contribution in [2.75, 3.05) is 5.75 Å². The highest BCUT2D eigenvalue weighted by atomic mass is 32.2. The van der Waals surface area contributed by atoms with E-state index in [1.54, 1.807) is 0 Å². The van der Waals surface area contributed by atoms with Crippen LogP contribution in [0.5, 0.6) is 0 Å². The van der Waals surface area contributed by atoms with Crippen LogP contribution in [0.2, 0.25) is 0 Å². The van der Waals surface area contributed by atoms with Crippen molar-refractivity contribution in [3.8, 4) is 11.5 Å². The van der Waals surface area contributed by atoms with Gasteiger partial charge >= 0.3 is 5.97 Å². The lowest BCUT2D eigenvalue weighted by atomic mass is 10.3. The van der Waals surface area contributed by atoms with Gasteiger partial charge in [-0.05, 0) is 0 Å². The number of thioether (sulfide) groups is 1. The summed E-state index contributed by atoms with van der Waals surface area (Å²) >= 11 is 0.963. The lowest BCUT2D eigenvalue weighted by Crippen LogP contribution is -1.97. The minimum absolute atomic E-state index is 0.118. The molecule has 2 rings (SSSR count). The Morgan fingerprint density at radius 1 is 1.38 bits per heavy atom. The summed E-state index contributed by atoms with van der Waals surface area (Å²) in [6.07, 6.45) is 4.46. The van der Waals surface area contributed by atoms with Gasteiger partial charge in [0.2, 0.25) is 0 Å². The average Bonchev–Trinajstić information content (AvgIpc) is 2.76. The highest BCUT2D eigenvalue weighted by molar-refractivity contribution is 7.99. The Labute approximate surface area is 93.9 Å². The second-order valence-electron chi connectivity index (χ2n) is 2.68. The second kappa shape index (κ2) is 4.71. The standard InChI is InChI=1S/C8H6N4O3S/c13-6(14)3-16-8-12-11-7(15-8)5-1-9-4-10-2-5/h1-2,4H,3H2,(H,13,14). The SMILES string of the molecule is O=C(O)CSc1nnc(-c2cncnc2)o1. The lowest BCUT2D eigenvalue weighted by Gasteiger charge is -1.91. The first-order valence-electron chi connectivity index (χ1n) is 4.19. The first kappa shape index (κ1) is 10.6. The molecule has 0 aliphatic carbocycles. The summed E-state index contributed by atoms with van der Waals surface area (Å²) in [6.45, 7) is 0. The molecular formula is C8H6N4O3S. The van der Waals surface area contributed by atoms with Crippen molar-refractivity contribution >= 4 is 17.7 Å². The number of rotatable bonds is 4. The van der Waals surface area contributed by atoms with Crippen molar-refractivity contribution in [1.29, 1.82) is 0 Å². The number of hydrogen-bond acceptors (Lipinski definition) is 7. The van der Waals surface area contributed by atoms with Crippen molar-refractivity contribution in [1.82, 2.24) is 20.2 Å². The number of nitrogens with zero attached hydrogens (tertiary/aromatic N) is 4. The molecule has 0 saturated carbocycles. The van der Waals surface area contributed by atoms with Gasteiger partial charge in [-0.15, -0.1) is 10.2 Å². The molecule has 0 aromatic carbocycles. The van der Waals surface area contributed by atoms with Crippen LogP contribution in [0.15, 0.2) is 28.4 Å². The maximum atomic E-state index is 10.3. The third-order valence-corrected chi connectivity index (χ3v) is 2.34. The topological polar surface area (TPSA) is 102 Å². The van der Waals surface area contributed by atoms with E-state index in [4.69, 9.17) is 9.52 Å².